The maximum Gasteiger partial charge on any atom is 0.343 e. The van der Waals surface area contributed by atoms with Crippen LogP contribution in [0.1, 0.15) is 10.4 Å². The second kappa shape index (κ2) is 6.24. The minimum atomic E-state index is -0.498. The molecule has 6 heteroatoms. The molecule has 0 unspecified atom stereocenters. The molecule has 0 saturated carbocycles. The van der Waals surface area contributed by atoms with Gasteiger partial charge in [0.05, 0.1) is 14.2 Å². The van der Waals surface area contributed by atoms with Gasteiger partial charge in [-0.05, 0) is 28.1 Å². The zero-order valence-corrected chi connectivity index (χ0v) is 10.9. The number of ether oxygens (including phenoxy) is 3. The predicted octanol–water partition coefficient (Wildman–Crippen LogP) is 1.82. The van der Waals surface area contributed by atoms with E-state index in [4.69, 9.17) is 9.47 Å². The van der Waals surface area contributed by atoms with Crippen LogP contribution in [0.4, 0.5) is 0 Å². The molecular weight excluding hydrogens is 292 g/mol. The fourth-order valence-corrected chi connectivity index (χ4v) is 1.52. The molecule has 0 radical (unpaired) electrons. The number of benzene rings is 1. The van der Waals surface area contributed by atoms with Crippen molar-refractivity contribution < 1.29 is 23.8 Å². The molecule has 0 N–H and O–H groups in total. The van der Waals surface area contributed by atoms with E-state index in [-0.39, 0.29) is 6.61 Å². The van der Waals surface area contributed by atoms with Crippen LogP contribution in [0, 0.1) is 0 Å². The Bertz CT molecular complexity index is 430. The molecule has 0 heterocycles. The van der Waals surface area contributed by atoms with E-state index in [0.29, 0.717) is 27.8 Å². The Morgan fingerprint density at radius 1 is 1.35 bits per heavy atom. The van der Waals surface area contributed by atoms with Gasteiger partial charge >= 0.3 is 5.97 Å². The second-order valence-corrected chi connectivity index (χ2v) is 3.86. The number of rotatable bonds is 5. The van der Waals surface area contributed by atoms with E-state index in [1.54, 1.807) is 6.07 Å². The van der Waals surface area contributed by atoms with Crippen LogP contribution in [0.25, 0.3) is 0 Å². The molecule has 0 atom stereocenters. The molecule has 17 heavy (non-hydrogen) atoms. The Morgan fingerprint density at radius 2 is 2.06 bits per heavy atom. The number of halogens is 1. The van der Waals surface area contributed by atoms with Crippen LogP contribution in [-0.2, 0) is 9.53 Å². The lowest BCUT2D eigenvalue weighted by Crippen LogP contribution is -2.13. The molecule has 0 aliphatic rings. The standard InChI is InChI=1S/C11H11BrO5/c1-15-9-3-7(5-13)8(12)4-10(9)17-6-11(14)16-2/h3-5H,6H2,1-2H3. The smallest absolute Gasteiger partial charge is 0.343 e. The fraction of sp³-hybridized carbons (Fsp3) is 0.273. The Balaban J connectivity index is 2.94. The highest BCUT2D eigenvalue weighted by atomic mass is 79.9. The SMILES string of the molecule is COC(=O)COc1cc(Br)c(C=O)cc1OC. The Morgan fingerprint density at radius 3 is 2.59 bits per heavy atom. The van der Waals surface area contributed by atoms with Gasteiger partial charge in [0.15, 0.2) is 24.4 Å². The molecule has 0 aliphatic heterocycles. The molecule has 1 aromatic carbocycles. The highest BCUT2D eigenvalue weighted by Gasteiger charge is 2.11. The van der Waals surface area contributed by atoms with Gasteiger partial charge in [0.2, 0.25) is 0 Å². The molecule has 0 amide bonds. The molecule has 0 saturated heterocycles. The summed E-state index contributed by atoms with van der Waals surface area (Å²) in [6.07, 6.45) is 0.691. The number of carbonyl (C=O) groups is 2. The topological polar surface area (TPSA) is 61.8 Å². The van der Waals surface area contributed by atoms with E-state index in [1.807, 2.05) is 0 Å². The number of hydrogen-bond donors (Lipinski definition) is 0. The van der Waals surface area contributed by atoms with Crippen molar-refractivity contribution in [3.8, 4) is 11.5 Å². The monoisotopic (exact) mass is 302 g/mol. The van der Waals surface area contributed by atoms with Crippen molar-refractivity contribution in [3.05, 3.63) is 22.2 Å². The summed E-state index contributed by atoms with van der Waals surface area (Å²) in [6, 6.07) is 3.08. The average molecular weight is 303 g/mol. The van der Waals surface area contributed by atoms with Gasteiger partial charge in [-0.15, -0.1) is 0 Å². The van der Waals surface area contributed by atoms with Crippen LogP contribution in [0.2, 0.25) is 0 Å². The van der Waals surface area contributed by atoms with Gasteiger partial charge in [0.1, 0.15) is 0 Å². The lowest BCUT2D eigenvalue weighted by molar-refractivity contribution is -0.142. The van der Waals surface area contributed by atoms with Gasteiger partial charge in [-0.2, -0.15) is 0 Å². The van der Waals surface area contributed by atoms with Crippen LogP contribution >= 0.6 is 15.9 Å². The van der Waals surface area contributed by atoms with E-state index in [9.17, 15) is 9.59 Å². The van der Waals surface area contributed by atoms with Gasteiger partial charge < -0.3 is 14.2 Å². The van der Waals surface area contributed by atoms with Crippen LogP contribution in [0.3, 0.4) is 0 Å². The molecule has 0 bridgehead atoms. The van der Waals surface area contributed by atoms with Crippen molar-refractivity contribution in [2.24, 2.45) is 0 Å². The first-order valence-electron chi connectivity index (χ1n) is 4.64. The fourth-order valence-electron chi connectivity index (χ4n) is 1.11. The Labute approximate surface area is 107 Å². The molecule has 0 fully saturated rings. The van der Waals surface area contributed by atoms with Crippen molar-refractivity contribution in [3.63, 3.8) is 0 Å². The van der Waals surface area contributed by atoms with Gasteiger partial charge in [-0.3, -0.25) is 4.79 Å². The molecule has 5 nitrogen and oxygen atoms in total. The average Bonchev–Trinajstić information content (AvgIpc) is 2.35. The summed E-state index contributed by atoms with van der Waals surface area (Å²) in [5.74, 6) is 0.234. The lowest BCUT2D eigenvalue weighted by atomic mass is 10.2. The molecule has 92 valence electrons. The zero-order valence-electron chi connectivity index (χ0n) is 9.36. The van der Waals surface area contributed by atoms with E-state index in [2.05, 4.69) is 20.7 Å². The van der Waals surface area contributed by atoms with Crippen molar-refractivity contribution in [1.82, 2.24) is 0 Å². The first-order chi connectivity index (χ1) is 8.12. The Kier molecular flexibility index (Phi) is 4.96. The van der Waals surface area contributed by atoms with Crippen LogP contribution in [0.5, 0.6) is 11.5 Å². The van der Waals surface area contributed by atoms with Crippen molar-refractivity contribution in [2.45, 2.75) is 0 Å². The highest BCUT2D eigenvalue weighted by molar-refractivity contribution is 9.10. The first-order valence-corrected chi connectivity index (χ1v) is 5.44. The van der Waals surface area contributed by atoms with Gasteiger partial charge in [0, 0.05) is 10.0 Å². The van der Waals surface area contributed by atoms with E-state index >= 15 is 0 Å². The largest absolute Gasteiger partial charge is 0.493 e. The van der Waals surface area contributed by atoms with Crippen LogP contribution < -0.4 is 9.47 Å². The van der Waals surface area contributed by atoms with Crippen molar-refractivity contribution >= 4 is 28.2 Å². The van der Waals surface area contributed by atoms with Gasteiger partial charge in [-0.1, -0.05) is 0 Å². The van der Waals surface area contributed by atoms with E-state index < -0.39 is 5.97 Å². The minimum absolute atomic E-state index is 0.222. The summed E-state index contributed by atoms with van der Waals surface area (Å²) in [4.78, 5) is 21.7. The quantitative estimate of drug-likeness (QED) is 0.613. The van der Waals surface area contributed by atoms with Gasteiger partial charge in [-0.25, -0.2) is 4.79 Å². The maximum absolute atomic E-state index is 10.9. The second-order valence-electron chi connectivity index (χ2n) is 3.01. The third-order valence-corrected chi connectivity index (χ3v) is 2.67. The normalized spacial score (nSPS) is 9.59. The molecule has 0 aliphatic carbocycles. The number of methoxy groups -OCH3 is 2. The summed E-state index contributed by atoms with van der Waals surface area (Å²) in [5, 5.41) is 0. The number of hydrogen-bond acceptors (Lipinski definition) is 5. The summed E-state index contributed by atoms with van der Waals surface area (Å²) in [5.41, 5.74) is 0.437. The number of aldehydes is 1. The molecular formula is C11H11BrO5. The maximum atomic E-state index is 10.9. The van der Waals surface area contributed by atoms with Crippen molar-refractivity contribution in [2.75, 3.05) is 20.8 Å². The molecule has 1 rings (SSSR count). The first kappa shape index (κ1) is 13.5. The van der Waals surface area contributed by atoms with E-state index in [1.165, 1.54) is 20.3 Å². The predicted molar refractivity (Wildman–Crippen MR) is 63.6 cm³/mol. The van der Waals surface area contributed by atoms with Crippen LogP contribution in [0.15, 0.2) is 16.6 Å². The molecule has 1 aromatic rings. The molecule has 0 aromatic heterocycles. The van der Waals surface area contributed by atoms with Crippen LogP contribution in [-0.4, -0.2) is 33.1 Å². The summed E-state index contributed by atoms with van der Waals surface area (Å²) < 4.78 is 15.3. The van der Waals surface area contributed by atoms with Crippen molar-refractivity contribution in [1.29, 1.82) is 0 Å². The lowest BCUT2D eigenvalue weighted by Gasteiger charge is -2.11. The summed E-state index contributed by atoms with van der Waals surface area (Å²) in [6.45, 7) is -0.222. The summed E-state index contributed by atoms with van der Waals surface area (Å²) >= 11 is 3.21. The minimum Gasteiger partial charge on any atom is -0.493 e. The van der Waals surface area contributed by atoms with Gasteiger partial charge in [0.25, 0.3) is 0 Å². The number of carbonyl (C=O) groups excluding carboxylic acids is 2. The third-order valence-electron chi connectivity index (χ3n) is 1.98. The third kappa shape index (κ3) is 3.45. The zero-order chi connectivity index (χ0) is 12.8. The van der Waals surface area contributed by atoms with E-state index in [0.717, 1.165) is 0 Å². The Hall–Kier alpha value is -1.56. The highest BCUT2D eigenvalue weighted by Crippen LogP contribution is 2.32. The number of esters is 1. The summed E-state index contributed by atoms with van der Waals surface area (Å²) in [7, 11) is 2.72. The molecule has 0 spiro atoms.